The molecule has 1 radical (unpaired) electrons. The van der Waals surface area contributed by atoms with Crippen molar-refractivity contribution in [3.63, 3.8) is 0 Å². The molecule has 0 bridgehead atoms. The number of aliphatic hydroxyl groups is 3. The van der Waals surface area contributed by atoms with Crippen molar-refractivity contribution in [1.82, 2.24) is 0 Å². The zero-order chi connectivity index (χ0) is 17.1. The van der Waals surface area contributed by atoms with Crippen molar-refractivity contribution in [3.8, 4) is 0 Å². The molecular weight excluding hydrogens is 365 g/mol. The van der Waals surface area contributed by atoms with Gasteiger partial charge >= 0.3 is 0 Å². The zero-order valence-electron chi connectivity index (χ0n) is 15.1. The molecule has 0 aliphatic carbocycles. The first-order valence-electron chi connectivity index (χ1n) is 7.49. The Morgan fingerprint density at radius 2 is 0.727 bits per heavy atom. The molecule has 0 spiro atoms. The number of ether oxygens (including phenoxy) is 3. The fourth-order valence-corrected chi connectivity index (χ4v) is 0.865. The summed E-state index contributed by atoms with van der Waals surface area (Å²) in [5, 5.41) is 24.6. The SMILES string of the molecule is CC(C)OCCO.CC(C)OCCO.CC(C)OCCO.[Y]. The first kappa shape index (κ1) is 30.7. The Labute approximate surface area is 161 Å². The van der Waals surface area contributed by atoms with E-state index in [-0.39, 0.29) is 70.8 Å². The predicted octanol–water partition coefficient (Wildman–Crippen LogP) is 1.21. The molecule has 3 N–H and O–H groups in total. The van der Waals surface area contributed by atoms with Crippen LogP contribution in [0.1, 0.15) is 41.5 Å². The number of hydrogen-bond acceptors (Lipinski definition) is 6. The van der Waals surface area contributed by atoms with Crippen LogP contribution in [0.3, 0.4) is 0 Å². The molecule has 0 unspecified atom stereocenters. The monoisotopic (exact) mass is 401 g/mol. The van der Waals surface area contributed by atoms with Gasteiger partial charge in [0.2, 0.25) is 0 Å². The predicted molar refractivity (Wildman–Crippen MR) is 84.5 cm³/mol. The van der Waals surface area contributed by atoms with Gasteiger partial charge in [-0.1, -0.05) is 0 Å². The maximum atomic E-state index is 8.19. The minimum absolute atomic E-state index is 0. The topological polar surface area (TPSA) is 88.4 Å². The van der Waals surface area contributed by atoms with Crippen molar-refractivity contribution in [3.05, 3.63) is 0 Å². The molecule has 0 aliphatic rings. The van der Waals surface area contributed by atoms with E-state index in [4.69, 9.17) is 29.5 Å². The van der Waals surface area contributed by atoms with E-state index in [2.05, 4.69) is 0 Å². The Hall–Kier alpha value is 0.864. The van der Waals surface area contributed by atoms with Crippen LogP contribution in [0.5, 0.6) is 0 Å². The van der Waals surface area contributed by atoms with E-state index in [0.717, 1.165) is 0 Å². The van der Waals surface area contributed by atoms with Gasteiger partial charge in [-0.05, 0) is 41.5 Å². The van der Waals surface area contributed by atoms with Gasteiger partial charge in [-0.15, -0.1) is 0 Å². The fraction of sp³-hybridized carbons (Fsp3) is 1.00. The van der Waals surface area contributed by atoms with Crippen LogP contribution in [0.4, 0.5) is 0 Å². The van der Waals surface area contributed by atoms with Crippen molar-refractivity contribution in [2.24, 2.45) is 0 Å². The van der Waals surface area contributed by atoms with Crippen molar-refractivity contribution in [2.45, 2.75) is 59.9 Å². The molecule has 0 aromatic rings. The zero-order valence-corrected chi connectivity index (χ0v) is 18.0. The molecule has 22 heavy (non-hydrogen) atoms. The fourth-order valence-electron chi connectivity index (χ4n) is 0.865. The van der Waals surface area contributed by atoms with E-state index in [9.17, 15) is 0 Å². The molecule has 0 atom stereocenters. The summed E-state index contributed by atoms with van der Waals surface area (Å²) < 4.78 is 14.8. The normalized spacial score (nSPS) is 9.82. The Balaban J connectivity index is -0.000000108. The van der Waals surface area contributed by atoms with Gasteiger partial charge in [-0.3, -0.25) is 0 Å². The molecule has 7 heteroatoms. The van der Waals surface area contributed by atoms with Crippen molar-refractivity contribution in [2.75, 3.05) is 39.6 Å². The Morgan fingerprint density at radius 1 is 0.545 bits per heavy atom. The third-order valence-corrected chi connectivity index (χ3v) is 1.63. The summed E-state index contributed by atoms with van der Waals surface area (Å²) in [6.07, 6.45) is 0.728. The number of hydrogen-bond donors (Lipinski definition) is 3. The second-order valence-corrected chi connectivity index (χ2v) is 4.93. The molecule has 0 aliphatic heterocycles. The van der Waals surface area contributed by atoms with E-state index < -0.39 is 0 Å². The van der Waals surface area contributed by atoms with Crippen LogP contribution in [-0.2, 0) is 46.9 Å². The summed E-state index contributed by atoms with van der Waals surface area (Å²) in [7, 11) is 0. The van der Waals surface area contributed by atoms with Gasteiger partial charge in [-0.2, -0.15) is 0 Å². The van der Waals surface area contributed by atoms with Gasteiger partial charge in [0.25, 0.3) is 0 Å². The van der Waals surface area contributed by atoms with E-state index >= 15 is 0 Å². The summed E-state index contributed by atoms with van der Waals surface area (Å²) in [5.41, 5.74) is 0. The summed E-state index contributed by atoms with van der Waals surface area (Å²) in [6, 6.07) is 0. The molecular formula is C15H36O6Y. The second-order valence-electron chi connectivity index (χ2n) is 4.93. The molecule has 135 valence electrons. The first-order chi connectivity index (χ1) is 9.81. The van der Waals surface area contributed by atoms with Gasteiger partial charge < -0.3 is 29.5 Å². The second kappa shape index (κ2) is 26.7. The molecule has 0 rings (SSSR count). The van der Waals surface area contributed by atoms with Gasteiger partial charge in [0.05, 0.1) is 58.0 Å². The van der Waals surface area contributed by atoms with Gasteiger partial charge in [0, 0.05) is 32.7 Å². The van der Waals surface area contributed by atoms with Crippen LogP contribution in [0, 0.1) is 0 Å². The smallest absolute Gasteiger partial charge is 0.0701 e. The molecule has 0 aromatic heterocycles. The summed E-state index contributed by atoms with van der Waals surface area (Å²) in [5.74, 6) is 0. The molecule has 0 amide bonds. The molecule has 0 aromatic carbocycles. The van der Waals surface area contributed by atoms with Crippen LogP contribution in [-0.4, -0.2) is 73.3 Å². The molecule has 0 heterocycles. The maximum absolute atomic E-state index is 8.19. The van der Waals surface area contributed by atoms with Crippen LogP contribution in [0.15, 0.2) is 0 Å². The number of rotatable bonds is 9. The quantitative estimate of drug-likeness (QED) is 0.538. The van der Waals surface area contributed by atoms with Crippen molar-refractivity contribution < 1.29 is 62.2 Å². The Morgan fingerprint density at radius 3 is 0.773 bits per heavy atom. The summed E-state index contributed by atoms with van der Waals surface area (Å²) in [6.45, 7) is 13.4. The Bertz CT molecular complexity index is 140. The molecule has 6 nitrogen and oxygen atoms in total. The first-order valence-corrected chi connectivity index (χ1v) is 7.49. The summed E-state index contributed by atoms with van der Waals surface area (Å²) >= 11 is 0. The largest absolute Gasteiger partial charge is 0.394 e. The van der Waals surface area contributed by atoms with Crippen molar-refractivity contribution >= 4 is 0 Å². The summed E-state index contributed by atoms with van der Waals surface area (Å²) in [4.78, 5) is 0. The third kappa shape index (κ3) is 49.7. The van der Waals surface area contributed by atoms with Crippen LogP contribution >= 0.6 is 0 Å². The van der Waals surface area contributed by atoms with Crippen LogP contribution in [0.25, 0.3) is 0 Å². The average Bonchev–Trinajstić information content (AvgIpc) is 2.41. The van der Waals surface area contributed by atoms with Crippen LogP contribution < -0.4 is 0 Å². The van der Waals surface area contributed by atoms with Gasteiger partial charge in [-0.25, -0.2) is 0 Å². The average molecular weight is 401 g/mol. The molecule has 0 saturated carbocycles. The van der Waals surface area contributed by atoms with Gasteiger partial charge in [0.15, 0.2) is 0 Å². The van der Waals surface area contributed by atoms with E-state index in [0.29, 0.717) is 19.8 Å². The van der Waals surface area contributed by atoms with Crippen molar-refractivity contribution in [1.29, 1.82) is 0 Å². The maximum Gasteiger partial charge on any atom is 0.0701 e. The van der Waals surface area contributed by atoms with Crippen LogP contribution in [0.2, 0.25) is 0 Å². The minimum Gasteiger partial charge on any atom is -0.394 e. The standard InChI is InChI=1S/3C5H12O2.Y/c3*1-5(2)7-4-3-6;/h3*5-6H,3-4H2,1-2H3;. The van der Waals surface area contributed by atoms with E-state index in [1.54, 1.807) is 0 Å². The van der Waals surface area contributed by atoms with Gasteiger partial charge in [0.1, 0.15) is 0 Å². The molecule has 0 fully saturated rings. The number of aliphatic hydroxyl groups excluding tert-OH is 3. The third-order valence-electron chi connectivity index (χ3n) is 1.63. The minimum atomic E-state index is 0. The van der Waals surface area contributed by atoms with E-state index in [1.807, 2.05) is 41.5 Å². The van der Waals surface area contributed by atoms with E-state index in [1.165, 1.54) is 0 Å². The molecule has 0 saturated heterocycles. The Kier molecular flexibility index (Phi) is 37.3.